The van der Waals surface area contributed by atoms with Gasteiger partial charge >= 0.3 is 17.9 Å². The molecule has 0 aromatic heterocycles. The van der Waals surface area contributed by atoms with E-state index < -0.39 is 54.5 Å². The number of carbonyl (C=O) groups is 4. The van der Waals surface area contributed by atoms with Crippen molar-refractivity contribution in [3.05, 3.63) is 21.1 Å². The Morgan fingerprint density at radius 3 is 2.00 bits per heavy atom. The predicted molar refractivity (Wildman–Crippen MR) is 121 cm³/mol. The highest BCUT2D eigenvalue weighted by molar-refractivity contribution is 9.11. The molecular weight excluding hydrogens is 572 g/mol. The highest BCUT2D eigenvalue weighted by Crippen LogP contribution is 2.38. The Bertz CT molecular complexity index is 904. The number of benzene rings is 1. The minimum absolute atomic E-state index is 0.281. The zero-order valence-corrected chi connectivity index (χ0v) is 21.4. The summed E-state index contributed by atoms with van der Waals surface area (Å²) in [6, 6.07) is 2.09. The van der Waals surface area contributed by atoms with Crippen LogP contribution in [0.25, 0.3) is 0 Å². The van der Waals surface area contributed by atoms with Gasteiger partial charge in [-0.15, -0.1) is 0 Å². The maximum atomic E-state index is 12.0. The summed E-state index contributed by atoms with van der Waals surface area (Å²) in [4.78, 5) is 47.0. The standard InChI is InChI=1S/C20H24Br2N2O9/c1-8(25)24-16-19(31-11(4)28)18(30-10(3)27)15(7-29-9(2)26)32-20(16)33-17-13(21)5-12(23)6-14(17)22/h5-6,15-16,18-20H,7,23H2,1-4H3,(H,24,25)/t15-,16-,18-,19-,20+/m1/s1. The summed E-state index contributed by atoms with van der Waals surface area (Å²) in [5, 5.41) is 2.63. The third kappa shape index (κ3) is 7.57. The van der Waals surface area contributed by atoms with Gasteiger partial charge in [-0.25, -0.2) is 0 Å². The molecule has 11 nitrogen and oxygen atoms in total. The van der Waals surface area contributed by atoms with Crippen LogP contribution in [0.1, 0.15) is 27.7 Å². The van der Waals surface area contributed by atoms with Gasteiger partial charge in [0.1, 0.15) is 18.8 Å². The van der Waals surface area contributed by atoms with Crippen LogP contribution in [0.15, 0.2) is 21.1 Å². The Labute approximate surface area is 206 Å². The number of halogens is 2. The summed E-state index contributed by atoms with van der Waals surface area (Å²) in [7, 11) is 0. The highest BCUT2D eigenvalue weighted by Gasteiger charge is 2.52. The Morgan fingerprint density at radius 2 is 1.52 bits per heavy atom. The maximum absolute atomic E-state index is 12.0. The Kier molecular flexibility index (Phi) is 9.49. The Hall–Kier alpha value is -2.38. The van der Waals surface area contributed by atoms with Gasteiger partial charge in [-0.2, -0.15) is 0 Å². The number of rotatable bonds is 7. The fourth-order valence-electron chi connectivity index (χ4n) is 3.20. The molecule has 1 fully saturated rings. The molecule has 5 atom stereocenters. The molecule has 1 saturated heterocycles. The van der Waals surface area contributed by atoms with Gasteiger partial charge in [0.2, 0.25) is 12.2 Å². The van der Waals surface area contributed by atoms with Crippen molar-refractivity contribution in [3.8, 4) is 5.75 Å². The lowest BCUT2D eigenvalue weighted by Crippen LogP contribution is -2.67. The summed E-state index contributed by atoms with van der Waals surface area (Å²) >= 11 is 6.72. The first-order valence-corrected chi connectivity index (χ1v) is 11.3. The van der Waals surface area contributed by atoms with Crippen LogP contribution < -0.4 is 15.8 Å². The van der Waals surface area contributed by atoms with Gasteiger partial charge < -0.3 is 34.7 Å². The maximum Gasteiger partial charge on any atom is 0.303 e. The minimum atomic E-state index is -1.25. The number of carbonyl (C=O) groups excluding carboxylic acids is 4. The van der Waals surface area contributed by atoms with Crippen molar-refractivity contribution in [3.63, 3.8) is 0 Å². The van der Waals surface area contributed by atoms with Crippen LogP contribution in [-0.4, -0.2) is 61.1 Å². The van der Waals surface area contributed by atoms with Crippen molar-refractivity contribution in [1.82, 2.24) is 5.32 Å². The second-order valence-electron chi connectivity index (χ2n) is 7.15. The second kappa shape index (κ2) is 11.7. The summed E-state index contributed by atoms with van der Waals surface area (Å²) in [5.74, 6) is -2.20. The lowest BCUT2D eigenvalue weighted by molar-refractivity contribution is -0.257. The van der Waals surface area contributed by atoms with E-state index >= 15 is 0 Å². The number of hydrogen-bond acceptors (Lipinski definition) is 10. The second-order valence-corrected chi connectivity index (χ2v) is 8.86. The molecule has 1 aromatic carbocycles. The molecule has 13 heteroatoms. The number of amides is 1. The lowest BCUT2D eigenvalue weighted by Gasteiger charge is -2.44. The first-order valence-electron chi connectivity index (χ1n) is 9.70. The molecule has 1 heterocycles. The summed E-state index contributed by atoms with van der Waals surface area (Å²) in [6.07, 6.45) is -4.76. The summed E-state index contributed by atoms with van der Waals surface area (Å²) < 4.78 is 28.8. The largest absolute Gasteiger partial charge is 0.463 e. The van der Waals surface area contributed by atoms with Gasteiger partial charge in [0.15, 0.2) is 18.0 Å². The van der Waals surface area contributed by atoms with Crippen LogP contribution in [0.3, 0.4) is 0 Å². The first-order chi connectivity index (χ1) is 15.4. The number of nitrogen functional groups attached to an aromatic ring is 1. The van der Waals surface area contributed by atoms with Crippen LogP contribution in [0.5, 0.6) is 5.75 Å². The van der Waals surface area contributed by atoms with E-state index in [1.807, 2.05) is 0 Å². The van der Waals surface area contributed by atoms with E-state index in [2.05, 4.69) is 37.2 Å². The van der Waals surface area contributed by atoms with Crippen molar-refractivity contribution in [1.29, 1.82) is 0 Å². The molecule has 0 radical (unpaired) electrons. The van der Waals surface area contributed by atoms with E-state index in [1.54, 1.807) is 12.1 Å². The van der Waals surface area contributed by atoms with Gasteiger partial charge in [-0.1, -0.05) is 0 Å². The van der Waals surface area contributed by atoms with Crippen molar-refractivity contribution in [2.45, 2.75) is 58.3 Å². The number of esters is 3. The van der Waals surface area contributed by atoms with Crippen LogP contribution in [0.2, 0.25) is 0 Å². The first kappa shape index (κ1) is 26.9. The minimum Gasteiger partial charge on any atom is -0.463 e. The SMILES string of the molecule is CC(=O)N[C@H]1[C@H](Oc2c(Br)cc(N)cc2Br)O[C@H](COC(C)=O)[C@@H](OC(C)=O)[C@@H]1OC(C)=O. The molecule has 1 amide bonds. The van der Waals surface area contributed by atoms with Crippen molar-refractivity contribution in [2.75, 3.05) is 12.3 Å². The van der Waals surface area contributed by atoms with Crippen molar-refractivity contribution in [2.24, 2.45) is 0 Å². The third-order valence-electron chi connectivity index (χ3n) is 4.33. The van der Waals surface area contributed by atoms with Gasteiger partial charge in [0.25, 0.3) is 0 Å². The molecule has 0 unspecified atom stereocenters. The highest BCUT2D eigenvalue weighted by atomic mass is 79.9. The molecule has 33 heavy (non-hydrogen) atoms. The normalized spacial score (nSPS) is 24.4. The van der Waals surface area contributed by atoms with Crippen LogP contribution in [0.4, 0.5) is 5.69 Å². The number of hydrogen-bond donors (Lipinski definition) is 2. The molecule has 182 valence electrons. The lowest BCUT2D eigenvalue weighted by atomic mass is 9.96. The molecule has 1 aliphatic rings. The van der Waals surface area contributed by atoms with Crippen molar-refractivity contribution >= 4 is 61.4 Å². The van der Waals surface area contributed by atoms with E-state index in [0.717, 1.165) is 13.8 Å². The third-order valence-corrected chi connectivity index (χ3v) is 5.50. The predicted octanol–water partition coefficient (Wildman–Crippen LogP) is 1.83. The van der Waals surface area contributed by atoms with E-state index in [4.69, 9.17) is 29.4 Å². The topological polar surface area (TPSA) is 152 Å². The van der Waals surface area contributed by atoms with E-state index in [1.165, 1.54) is 13.8 Å². The Morgan fingerprint density at radius 1 is 0.970 bits per heavy atom. The smallest absolute Gasteiger partial charge is 0.303 e. The quantitative estimate of drug-likeness (QED) is 0.271. The fraction of sp³-hybridized carbons (Fsp3) is 0.500. The monoisotopic (exact) mass is 594 g/mol. The Balaban J connectivity index is 2.52. The summed E-state index contributed by atoms with van der Waals surface area (Å²) in [5.41, 5.74) is 6.28. The van der Waals surface area contributed by atoms with Crippen LogP contribution in [0, 0.1) is 0 Å². The van der Waals surface area contributed by atoms with Crippen molar-refractivity contribution < 1.29 is 42.9 Å². The van der Waals surface area contributed by atoms with E-state index in [-0.39, 0.29) is 12.4 Å². The van der Waals surface area contributed by atoms with Gasteiger partial charge in [-0.05, 0) is 44.0 Å². The molecular formula is C20H24Br2N2O9. The van der Waals surface area contributed by atoms with Crippen LogP contribution in [-0.2, 0) is 38.1 Å². The fourth-order valence-corrected chi connectivity index (χ4v) is 4.61. The number of nitrogens with two attached hydrogens (primary N) is 1. The van der Waals surface area contributed by atoms with Gasteiger partial charge in [0.05, 0.1) is 8.95 Å². The van der Waals surface area contributed by atoms with E-state index in [0.29, 0.717) is 14.6 Å². The summed E-state index contributed by atoms with van der Waals surface area (Å²) in [6.45, 7) is 4.44. The molecule has 3 N–H and O–H groups in total. The number of ether oxygens (including phenoxy) is 5. The average Bonchev–Trinajstić information content (AvgIpc) is 2.66. The number of nitrogens with one attached hydrogen (secondary N) is 1. The molecule has 0 spiro atoms. The van der Waals surface area contributed by atoms with E-state index in [9.17, 15) is 19.2 Å². The molecule has 0 bridgehead atoms. The van der Waals surface area contributed by atoms with Gasteiger partial charge in [-0.3, -0.25) is 19.2 Å². The molecule has 1 aliphatic heterocycles. The molecule has 1 aromatic rings. The number of anilines is 1. The van der Waals surface area contributed by atoms with Gasteiger partial charge in [0, 0.05) is 33.4 Å². The zero-order chi connectivity index (χ0) is 24.9. The molecule has 0 aliphatic carbocycles. The molecule has 2 rings (SSSR count). The zero-order valence-electron chi connectivity index (χ0n) is 18.3. The molecule has 0 saturated carbocycles. The average molecular weight is 596 g/mol. The van der Waals surface area contributed by atoms with Crippen LogP contribution >= 0.6 is 31.9 Å².